The summed E-state index contributed by atoms with van der Waals surface area (Å²) in [5, 5.41) is 0. The van der Waals surface area contributed by atoms with Gasteiger partial charge >= 0.3 is 18.1 Å². The van der Waals surface area contributed by atoms with Gasteiger partial charge in [0.15, 0.2) is 0 Å². The van der Waals surface area contributed by atoms with Crippen LogP contribution >= 0.6 is 0 Å². The van der Waals surface area contributed by atoms with E-state index in [1.807, 2.05) is 0 Å². The smallest absolute Gasteiger partial charge is 0.453 e. The first-order valence-corrected chi connectivity index (χ1v) is 4.24. The van der Waals surface area contributed by atoms with Gasteiger partial charge < -0.3 is 4.74 Å². The van der Waals surface area contributed by atoms with E-state index < -0.39 is 30.6 Å². The Morgan fingerprint density at radius 1 is 1.27 bits per heavy atom. The summed E-state index contributed by atoms with van der Waals surface area (Å²) in [6.07, 6.45) is -8.01. The van der Waals surface area contributed by atoms with Gasteiger partial charge in [0.05, 0.1) is 6.10 Å². The van der Waals surface area contributed by atoms with Crippen molar-refractivity contribution < 1.29 is 31.5 Å². The third-order valence-electron chi connectivity index (χ3n) is 1.69. The summed E-state index contributed by atoms with van der Waals surface area (Å²) in [5.74, 6) is -6.58. The van der Waals surface area contributed by atoms with Crippen molar-refractivity contribution in [3.8, 4) is 0 Å². The average Bonchev–Trinajstić information content (AvgIpc) is 2.00. The van der Waals surface area contributed by atoms with Crippen LogP contribution in [0.4, 0.5) is 22.0 Å². The molecule has 0 rings (SSSR count). The Morgan fingerprint density at radius 2 is 1.73 bits per heavy atom. The predicted octanol–water partition coefficient (Wildman–Crippen LogP) is 2.92. The SMILES string of the molecule is CCC(C)OC(=O)CC(F)(F)C(F)(F)F. The highest BCUT2D eigenvalue weighted by atomic mass is 19.4. The van der Waals surface area contributed by atoms with Crippen LogP contribution in [-0.4, -0.2) is 24.2 Å². The van der Waals surface area contributed by atoms with Crippen molar-refractivity contribution in [3.05, 3.63) is 0 Å². The lowest BCUT2D eigenvalue weighted by Gasteiger charge is -2.19. The lowest BCUT2D eigenvalue weighted by Crippen LogP contribution is -2.39. The maximum Gasteiger partial charge on any atom is 0.453 e. The van der Waals surface area contributed by atoms with Gasteiger partial charge in [-0.1, -0.05) is 6.92 Å². The van der Waals surface area contributed by atoms with Crippen LogP contribution in [0.3, 0.4) is 0 Å². The molecule has 0 aliphatic carbocycles. The number of esters is 1. The molecule has 0 spiro atoms. The van der Waals surface area contributed by atoms with E-state index >= 15 is 0 Å². The number of carbonyl (C=O) groups is 1. The van der Waals surface area contributed by atoms with Crippen LogP contribution in [0.25, 0.3) is 0 Å². The predicted molar refractivity (Wildman–Crippen MR) is 41.5 cm³/mol. The van der Waals surface area contributed by atoms with Gasteiger partial charge in [-0.15, -0.1) is 0 Å². The van der Waals surface area contributed by atoms with Gasteiger partial charge in [0, 0.05) is 0 Å². The van der Waals surface area contributed by atoms with Gasteiger partial charge in [-0.05, 0) is 13.3 Å². The molecule has 1 unspecified atom stereocenters. The number of ether oxygens (including phenoxy) is 1. The first kappa shape index (κ1) is 14.1. The standard InChI is InChI=1S/C8H11F5O2/c1-3-5(2)15-6(14)4-7(9,10)8(11,12)13/h5H,3-4H2,1-2H3. The lowest BCUT2D eigenvalue weighted by atomic mass is 10.2. The summed E-state index contributed by atoms with van der Waals surface area (Å²) in [7, 11) is 0. The fraction of sp³-hybridized carbons (Fsp3) is 0.875. The van der Waals surface area contributed by atoms with E-state index in [-0.39, 0.29) is 0 Å². The lowest BCUT2D eigenvalue weighted by molar-refractivity contribution is -0.284. The Hall–Kier alpha value is -0.880. The normalized spacial score (nSPS) is 14.9. The molecule has 0 saturated heterocycles. The third kappa shape index (κ3) is 4.44. The monoisotopic (exact) mass is 234 g/mol. The molecule has 0 aliphatic rings. The summed E-state index contributed by atoms with van der Waals surface area (Å²) in [6, 6.07) is 0. The van der Waals surface area contributed by atoms with Gasteiger partial charge in [-0.2, -0.15) is 22.0 Å². The minimum atomic E-state index is -5.72. The molecule has 0 heterocycles. The summed E-state index contributed by atoms with van der Waals surface area (Å²) in [4.78, 5) is 10.7. The molecule has 15 heavy (non-hydrogen) atoms. The average molecular weight is 234 g/mol. The minimum absolute atomic E-state index is 0.351. The number of rotatable bonds is 4. The van der Waals surface area contributed by atoms with Crippen molar-refractivity contribution in [1.29, 1.82) is 0 Å². The van der Waals surface area contributed by atoms with E-state index in [2.05, 4.69) is 4.74 Å². The minimum Gasteiger partial charge on any atom is -0.463 e. The van der Waals surface area contributed by atoms with E-state index in [4.69, 9.17) is 0 Å². The van der Waals surface area contributed by atoms with E-state index in [1.54, 1.807) is 6.92 Å². The van der Waals surface area contributed by atoms with Crippen molar-refractivity contribution in [3.63, 3.8) is 0 Å². The van der Waals surface area contributed by atoms with E-state index in [0.29, 0.717) is 6.42 Å². The summed E-state index contributed by atoms with van der Waals surface area (Å²) < 4.78 is 63.9. The van der Waals surface area contributed by atoms with Crippen molar-refractivity contribution in [2.75, 3.05) is 0 Å². The third-order valence-corrected chi connectivity index (χ3v) is 1.69. The van der Waals surface area contributed by atoms with Gasteiger partial charge in [0.25, 0.3) is 0 Å². The maximum atomic E-state index is 12.3. The zero-order chi connectivity index (χ0) is 12.3. The topological polar surface area (TPSA) is 26.3 Å². The molecular weight excluding hydrogens is 223 g/mol. The highest BCUT2D eigenvalue weighted by molar-refractivity contribution is 5.70. The number of carbonyl (C=O) groups excluding carboxylic acids is 1. The summed E-state index contributed by atoms with van der Waals surface area (Å²) in [6.45, 7) is 3.02. The van der Waals surface area contributed by atoms with E-state index in [1.165, 1.54) is 6.92 Å². The van der Waals surface area contributed by atoms with Crippen LogP contribution in [0.5, 0.6) is 0 Å². The van der Waals surface area contributed by atoms with Crippen LogP contribution in [0, 0.1) is 0 Å². The molecule has 7 heteroatoms. The summed E-state index contributed by atoms with van der Waals surface area (Å²) >= 11 is 0. The number of hydrogen-bond donors (Lipinski definition) is 0. The molecule has 0 saturated carbocycles. The molecule has 0 N–H and O–H groups in total. The number of alkyl halides is 5. The van der Waals surface area contributed by atoms with Crippen LogP contribution in [-0.2, 0) is 9.53 Å². The molecule has 0 bridgehead atoms. The second-order valence-electron chi connectivity index (χ2n) is 3.09. The van der Waals surface area contributed by atoms with E-state index in [0.717, 1.165) is 0 Å². The fourth-order valence-corrected chi connectivity index (χ4v) is 0.631. The molecular formula is C8H11F5O2. The highest BCUT2D eigenvalue weighted by Gasteiger charge is 2.58. The van der Waals surface area contributed by atoms with Crippen molar-refractivity contribution in [1.82, 2.24) is 0 Å². The van der Waals surface area contributed by atoms with Crippen LogP contribution in [0.2, 0.25) is 0 Å². The van der Waals surface area contributed by atoms with Gasteiger partial charge in [-0.25, -0.2) is 0 Å². The molecule has 90 valence electrons. The maximum absolute atomic E-state index is 12.3. The zero-order valence-electron chi connectivity index (χ0n) is 8.20. The zero-order valence-corrected chi connectivity index (χ0v) is 8.20. The Bertz CT molecular complexity index is 224. The molecule has 0 fully saturated rings. The highest BCUT2D eigenvalue weighted by Crippen LogP contribution is 2.38. The second-order valence-corrected chi connectivity index (χ2v) is 3.09. The second kappa shape index (κ2) is 4.76. The van der Waals surface area contributed by atoms with Gasteiger partial charge in [0.1, 0.15) is 6.42 Å². The van der Waals surface area contributed by atoms with Gasteiger partial charge in [0.2, 0.25) is 0 Å². The molecule has 0 aromatic heterocycles. The van der Waals surface area contributed by atoms with Crippen molar-refractivity contribution in [2.24, 2.45) is 0 Å². The molecule has 0 aliphatic heterocycles. The Morgan fingerprint density at radius 3 is 2.07 bits per heavy atom. The molecule has 2 nitrogen and oxygen atoms in total. The number of hydrogen-bond acceptors (Lipinski definition) is 2. The number of halogens is 5. The van der Waals surface area contributed by atoms with Crippen LogP contribution < -0.4 is 0 Å². The van der Waals surface area contributed by atoms with Crippen LogP contribution in [0.1, 0.15) is 26.7 Å². The molecule has 0 aromatic carbocycles. The largest absolute Gasteiger partial charge is 0.463 e. The fourth-order valence-electron chi connectivity index (χ4n) is 0.631. The first-order chi connectivity index (χ1) is 6.60. The Labute approximate surface area is 83.4 Å². The van der Waals surface area contributed by atoms with E-state index in [9.17, 15) is 26.7 Å². The van der Waals surface area contributed by atoms with Crippen molar-refractivity contribution in [2.45, 2.75) is 44.9 Å². The van der Waals surface area contributed by atoms with Gasteiger partial charge in [-0.3, -0.25) is 4.79 Å². The molecule has 1 atom stereocenters. The van der Waals surface area contributed by atoms with Crippen molar-refractivity contribution >= 4 is 5.97 Å². The molecule has 0 aromatic rings. The summed E-state index contributed by atoms with van der Waals surface area (Å²) in [5.41, 5.74) is 0. The quantitative estimate of drug-likeness (QED) is 0.552. The first-order valence-electron chi connectivity index (χ1n) is 4.24. The Kier molecular flexibility index (Phi) is 4.48. The molecule has 0 amide bonds. The molecule has 0 radical (unpaired) electrons. The Balaban J connectivity index is 4.29. The van der Waals surface area contributed by atoms with Crippen LogP contribution in [0.15, 0.2) is 0 Å².